The van der Waals surface area contributed by atoms with Crippen LogP contribution in [-0.2, 0) is 13.0 Å². The van der Waals surface area contributed by atoms with Crippen molar-refractivity contribution in [2.24, 2.45) is 0 Å². The second kappa shape index (κ2) is 9.27. The molecule has 180 valence electrons. The van der Waals surface area contributed by atoms with Crippen LogP contribution in [0.1, 0.15) is 35.2 Å². The summed E-state index contributed by atoms with van der Waals surface area (Å²) in [5.41, 5.74) is 12.0. The molecule has 5 aromatic rings. The van der Waals surface area contributed by atoms with Gasteiger partial charge in [0.25, 0.3) is 0 Å². The Labute approximate surface area is 222 Å². The van der Waals surface area contributed by atoms with E-state index < -0.39 is 0 Å². The molecule has 0 saturated heterocycles. The van der Waals surface area contributed by atoms with Crippen molar-refractivity contribution in [3.63, 3.8) is 0 Å². The Bertz CT molecular complexity index is 1570. The third-order valence-corrected chi connectivity index (χ3v) is 7.69. The lowest BCUT2D eigenvalue weighted by Crippen LogP contribution is -2.14. The molecule has 1 aliphatic heterocycles. The van der Waals surface area contributed by atoms with Gasteiger partial charge in [-0.25, -0.2) is 0 Å². The number of rotatable bonds is 4. The molecule has 1 aliphatic rings. The van der Waals surface area contributed by atoms with Crippen LogP contribution in [-0.4, -0.2) is 14.0 Å². The Hall–Kier alpha value is -3.34. The fraction of sp³-hybridized carbons (Fsp3) is 0.194. The number of halogens is 1. The van der Waals surface area contributed by atoms with Crippen molar-refractivity contribution in [2.75, 3.05) is 5.32 Å². The Kier molecular flexibility index (Phi) is 5.94. The standard InChI is InChI=1S/C31H28ClN3S/c1-20-6-10-23(11-7-20)28-26-5-3-4-18-34-27(22-12-14-24(32)15-13-22)19-35(31(26)34)29(28)30(36)33-25-16-8-21(2)9-17-25/h6-17,19H,3-5,18H2,1-2H3,(H,33,36). The third-order valence-electron chi connectivity index (χ3n) is 7.14. The number of thiocarbonyl (C=S) groups is 1. The van der Waals surface area contributed by atoms with Gasteiger partial charge in [0.15, 0.2) is 0 Å². The monoisotopic (exact) mass is 509 g/mol. The van der Waals surface area contributed by atoms with E-state index in [2.05, 4.69) is 95.0 Å². The van der Waals surface area contributed by atoms with E-state index in [0.29, 0.717) is 0 Å². The van der Waals surface area contributed by atoms with E-state index in [0.717, 1.165) is 52.8 Å². The normalized spacial score (nSPS) is 13.1. The molecule has 0 amide bonds. The number of aromatic nitrogens is 2. The maximum absolute atomic E-state index is 6.21. The molecule has 5 heteroatoms. The van der Waals surface area contributed by atoms with Gasteiger partial charge in [-0.15, -0.1) is 0 Å². The minimum atomic E-state index is 0.732. The second-order valence-corrected chi connectivity index (χ2v) is 10.6. The molecule has 2 aromatic heterocycles. The first-order chi connectivity index (χ1) is 17.5. The minimum Gasteiger partial charge on any atom is -0.345 e. The van der Waals surface area contributed by atoms with E-state index in [1.54, 1.807) is 0 Å². The predicted octanol–water partition coefficient (Wildman–Crippen LogP) is 8.47. The number of hydrogen-bond acceptors (Lipinski definition) is 1. The molecular weight excluding hydrogens is 482 g/mol. The molecule has 6 rings (SSSR count). The van der Waals surface area contributed by atoms with Gasteiger partial charge in [0.2, 0.25) is 0 Å². The van der Waals surface area contributed by atoms with E-state index in [9.17, 15) is 0 Å². The highest BCUT2D eigenvalue weighted by Gasteiger charge is 2.28. The number of nitrogens with one attached hydrogen (secondary N) is 1. The smallest absolute Gasteiger partial charge is 0.128 e. The van der Waals surface area contributed by atoms with Crippen molar-refractivity contribution in [1.82, 2.24) is 8.97 Å². The first-order valence-corrected chi connectivity index (χ1v) is 13.3. The van der Waals surface area contributed by atoms with Gasteiger partial charge in [-0.3, -0.25) is 4.40 Å². The number of imidazole rings is 1. The van der Waals surface area contributed by atoms with Gasteiger partial charge >= 0.3 is 0 Å². The molecule has 0 spiro atoms. The lowest BCUT2D eigenvalue weighted by Gasteiger charge is -2.13. The van der Waals surface area contributed by atoms with Gasteiger partial charge in [-0.2, -0.15) is 0 Å². The lowest BCUT2D eigenvalue weighted by atomic mass is 9.97. The topological polar surface area (TPSA) is 21.4 Å². The van der Waals surface area contributed by atoms with E-state index in [1.807, 2.05) is 12.1 Å². The Balaban J connectivity index is 1.60. The molecule has 0 atom stereocenters. The molecule has 3 nitrogen and oxygen atoms in total. The zero-order valence-corrected chi connectivity index (χ0v) is 22.1. The van der Waals surface area contributed by atoms with Crippen molar-refractivity contribution < 1.29 is 0 Å². The first-order valence-electron chi connectivity index (χ1n) is 12.5. The zero-order valence-electron chi connectivity index (χ0n) is 20.5. The molecule has 0 unspecified atom stereocenters. The second-order valence-electron chi connectivity index (χ2n) is 9.71. The van der Waals surface area contributed by atoms with Crippen LogP contribution in [0, 0.1) is 13.8 Å². The van der Waals surface area contributed by atoms with E-state index in [4.69, 9.17) is 23.8 Å². The van der Waals surface area contributed by atoms with Gasteiger partial charge in [-0.1, -0.05) is 83.5 Å². The van der Waals surface area contributed by atoms with Crippen molar-refractivity contribution in [3.8, 4) is 22.4 Å². The predicted molar refractivity (Wildman–Crippen MR) is 155 cm³/mol. The van der Waals surface area contributed by atoms with Crippen LogP contribution < -0.4 is 5.32 Å². The third kappa shape index (κ3) is 4.04. The maximum atomic E-state index is 6.21. The van der Waals surface area contributed by atoms with Crippen molar-refractivity contribution >= 4 is 40.1 Å². The molecule has 0 aliphatic carbocycles. The van der Waals surface area contributed by atoms with Crippen LogP contribution in [0.3, 0.4) is 0 Å². The Morgan fingerprint density at radius 3 is 2.17 bits per heavy atom. The van der Waals surface area contributed by atoms with Gasteiger partial charge in [-0.05, 0) is 68.5 Å². The van der Waals surface area contributed by atoms with Gasteiger partial charge in [0, 0.05) is 34.6 Å². The van der Waals surface area contributed by atoms with Crippen molar-refractivity contribution in [3.05, 3.63) is 106 Å². The quantitative estimate of drug-likeness (QED) is 0.245. The van der Waals surface area contributed by atoms with Crippen LogP contribution in [0.2, 0.25) is 5.02 Å². The Morgan fingerprint density at radius 1 is 0.833 bits per heavy atom. The highest BCUT2D eigenvalue weighted by atomic mass is 35.5. The first kappa shape index (κ1) is 23.1. The molecule has 0 saturated carbocycles. The van der Waals surface area contributed by atoms with Gasteiger partial charge < -0.3 is 9.88 Å². The highest BCUT2D eigenvalue weighted by molar-refractivity contribution is 7.81. The van der Waals surface area contributed by atoms with Crippen molar-refractivity contribution in [2.45, 2.75) is 39.7 Å². The Morgan fingerprint density at radius 2 is 1.47 bits per heavy atom. The SMILES string of the molecule is Cc1ccc(NC(=S)c2c(-c3ccc(C)cc3)c3c4n(c(-c5ccc(Cl)cc5)cn24)CCCC3)cc1. The number of anilines is 1. The largest absolute Gasteiger partial charge is 0.345 e. The molecule has 0 bridgehead atoms. The van der Waals surface area contributed by atoms with Crippen LogP contribution in [0.4, 0.5) is 5.69 Å². The van der Waals surface area contributed by atoms with E-state index >= 15 is 0 Å². The summed E-state index contributed by atoms with van der Waals surface area (Å²) in [5.74, 6) is 0. The molecule has 3 heterocycles. The van der Waals surface area contributed by atoms with Gasteiger partial charge in [0.05, 0.1) is 11.4 Å². The number of nitrogens with zero attached hydrogens (tertiary/aromatic N) is 2. The molecule has 1 N–H and O–H groups in total. The van der Waals surface area contributed by atoms with Crippen LogP contribution >= 0.6 is 23.8 Å². The molecule has 36 heavy (non-hydrogen) atoms. The summed E-state index contributed by atoms with van der Waals surface area (Å²) in [6, 6.07) is 25.4. The fourth-order valence-electron chi connectivity index (χ4n) is 5.32. The summed E-state index contributed by atoms with van der Waals surface area (Å²) >= 11 is 12.3. The molecule has 0 radical (unpaired) electrons. The van der Waals surface area contributed by atoms with Crippen LogP contribution in [0.25, 0.3) is 28.0 Å². The summed E-state index contributed by atoms with van der Waals surface area (Å²) in [6.07, 6.45) is 5.58. The zero-order chi connectivity index (χ0) is 24.8. The van der Waals surface area contributed by atoms with Gasteiger partial charge in [0.1, 0.15) is 10.6 Å². The average molecular weight is 510 g/mol. The van der Waals surface area contributed by atoms with E-state index in [-0.39, 0.29) is 0 Å². The van der Waals surface area contributed by atoms with Crippen LogP contribution in [0.5, 0.6) is 0 Å². The summed E-state index contributed by atoms with van der Waals surface area (Å²) in [6.45, 7) is 5.21. The summed E-state index contributed by atoms with van der Waals surface area (Å²) in [4.78, 5) is 0.732. The fourth-order valence-corrected chi connectivity index (χ4v) is 5.76. The molecule has 0 fully saturated rings. The van der Waals surface area contributed by atoms with Crippen molar-refractivity contribution in [1.29, 1.82) is 0 Å². The highest BCUT2D eigenvalue weighted by Crippen LogP contribution is 2.40. The minimum absolute atomic E-state index is 0.732. The summed E-state index contributed by atoms with van der Waals surface area (Å²) in [7, 11) is 0. The number of hydrogen-bond donors (Lipinski definition) is 1. The van der Waals surface area contributed by atoms with E-state index in [1.165, 1.54) is 39.2 Å². The van der Waals surface area contributed by atoms with Crippen LogP contribution in [0.15, 0.2) is 79.0 Å². The molecular formula is C31H28ClN3S. The summed E-state index contributed by atoms with van der Waals surface area (Å²) in [5, 5.41) is 4.28. The molecule has 3 aromatic carbocycles. The average Bonchev–Trinajstić information content (AvgIpc) is 3.29. The lowest BCUT2D eigenvalue weighted by molar-refractivity contribution is 0.647. The number of benzene rings is 3. The number of aryl methyl sites for hydroxylation is 4. The summed E-state index contributed by atoms with van der Waals surface area (Å²) < 4.78 is 4.80. The maximum Gasteiger partial charge on any atom is 0.128 e.